The van der Waals surface area contributed by atoms with Crippen LogP contribution < -0.4 is 5.32 Å². The predicted molar refractivity (Wildman–Crippen MR) is 71.9 cm³/mol. The third kappa shape index (κ3) is 4.14. The fourth-order valence-corrected chi connectivity index (χ4v) is 2.10. The first kappa shape index (κ1) is 14.7. The lowest BCUT2D eigenvalue weighted by Crippen LogP contribution is -2.44. The van der Waals surface area contributed by atoms with Gasteiger partial charge in [-0.15, -0.1) is 11.3 Å². The number of hydrogen-bond acceptors (Lipinski definition) is 4. The first-order valence-corrected chi connectivity index (χ1v) is 6.76. The van der Waals surface area contributed by atoms with Gasteiger partial charge in [0, 0.05) is 5.54 Å². The lowest BCUT2D eigenvalue weighted by Gasteiger charge is -2.24. The third-order valence-electron chi connectivity index (χ3n) is 2.74. The van der Waals surface area contributed by atoms with E-state index in [0.29, 0.717) is 4.88 Å². The Morgan fingerprint density at radius 3 is 2.61 bits per heavy atom. The lowest BCUT2D eigenvalue weighted by molar-refractivity contribution is -0.125. The van der Waals surface area contributed by atoms with Crippen molar-refractivity contribution in [3.8, 4) is 0 Å². The summed E-state index contributed by atoms with van der Waals surface area (Å²) in [6.45, 7) is 7.44. The molecule has 0 radical (unpaired) electrons. The van der Waals surface area contributed by atoms with Gasteiger partial charge in [0.2, 0.25) is 0 Å². The molecule has 0 saturated carbocycles. The Labute approximate surface area is 111 Å². The molecule has 1 N–H and O–H groups in total. The van der Waals surface area contributed by atoms with Gasteiger partial charge < -0.3 is 10.1 Å². The Kier molecular flexibility index (Phi) is 4.90. The first-order valence-electron chi connectivity index (χ1n) is 5.88. The van der Waals surface area contributed by atoms with Gasteiger partial charge in [-0.2, -0.15) is 0 Å². The van der Waals surface area contributed by atoms with Crippen LogP contribution in [0.5, 0.6) is 0 Å². The Hall–Kier alpha value is -1.36. The van der Waals surface area contributed by atoms with Crippen LogP contribution in [-0.2, 0) is 9.53 Å². The van der Waals surface area contributed by atoms with Gasteiger partial charge in [-0.3, -0.25) is 4.79 Å². The van der Waals surface area contributed by atoms with E-state index >= 15 is 0 Å². The number of hydrogen-bond donors (Lipinski definition) is 1. The van der Waals surface area contributed by atoms with Crippen molar-refractivity contribution in [3.05, 3.63) is 21.9 Å². The number of amides is 1. The maximum Gasteiger partial charge on any atom is 0.349 e. The summed E-state index contributed by atoms with van der Waals surface area (Å²) in [5.74, 6) is -0.712. The average molecular weight is 269 g/mol. The van der Waals surface area contributed by atoms with Gasteiger partial charge in [-0.05, 0) is 44.2 Å². The van der Waals surface area contributed by atoms with Crippen molar-refractivity contribution in [2.75, 3.05) is 6.61 Å². The molecule has 0 atom stereocenters. The van der Waals surface area contributed by atoms with Crippen molar-refractivity contribution in [1.82, 2.24) is 5.32 Å². The molecule has 0 unspecified atom stereocenters. The summed E-state index contributed by atoms with van der Waals surface area (Å²) in [4.78, 5) is 23.8. The van der Waals surface area contributed by atoms with E-state index in [9.17, 15) is 9.59 Å². The van der Waals surface area contributed by atoms with Crippen molar-refractivity contribution in [2.24, 2.45) is 0 Å². The number of esters is 1. The second-order valence-corrected chi connectivity index (χ2v) is 5.71. The standard InChI is InChI=1S/C13H19NO3S/c1-5-13(3,4)14-10(15)8-17-12(16)11-9(2)6-7-18-11/h6-7H,5,8H2,1-4H3,(H,14,15). The van der Waals surface area contributed by atoms with Gasteiger partial charge in [0.15, 0.2) is 6.61 Å². The smallest absolute Gasteiger partial charge is 0.349 e. The predicted octanol–water partition coefficient (Wildman–Crippen LogP) is 2.52. The molecule has 5 heteroatoms. The molecule has 1 amide bonds. The van der Waals surface area contributed by atoms with Gasteiger partial charge in [0.1, 0.15) is 4.88 Å². The molecule has 0 saturated heterocycles. The van der Waals surface area contributed by atoms with Gasteiger partial charge in [-0.25, -0.2) is 4.79 Å². The lowest BCUT2D eigenvalue weighted by atomic mass is 10.0. The highest BCUT2D eigenvalue weighted by Crippen LogP contribution is 2.16. The van der Waals surface area contributed by atoms with Crippen molar-refractivity contribution < 1.29 is 14.3 Å². The number of carbonyl (C=O) groups excluding carboxylic acids is 2. The normalized spacial score (nSPS) is 11.1. The molecule has 0 aromatic carbocycles. The molecule has 1 aromatic rings. The Balaban J connectivity index is 2.45. The largest absolute Gasteiger partial charge is 0.451 e. The Bertz CT molecular complexity index is 437. The molecule has 1 heterocycles. The summed E-state index contributed by atoms with van der Waals surface area (Å²) in [7, 11) is 0. The number of thiophene rings is 1. The number of carbonyl (C=O) groups is 2. The Morgan fingerprint density at radius 2 is 2.11 bits per heavy atom. The van der Waals surface area contributed by atoms with Crippen LogP contribution in [0.15, 0.2) is 11.4 Å². The molecule has 0 aliphatic carbocycles. The van der Waals surface area contributed by atoms with Crippen LogP contribution in [-0.4, -0.2) is 24.0 Å². The van der Waals surface area contributed by atoms with Gasteiger partial charge in [-0.1, -0.05) is 6.92 Å². The number of aryl methyl sites for hydroxylation is 1. The second-order valence-electron chi connectivity index (χ2n) is 4.79. The summed E-state index contributed by atoms with van der Waals surface area (Å²) in [5.41, 5.74) is 0.599. The van der Waals surface area contributed by atoms with Crippen molar-refractivity contribution >= 4 is 23.2 Å². The molecule has 18 heavy (non-hydrogen) atoms. The van der Waals surface area contributed by atoms with E-state index in [1.54, 1.807) is 0 Å². The zero-order valence-electron chi connectivity index (χ0n) is 11.2. The van der Waals surface area contributed by atoms with E-state index in [1.165, 1.54) is 11.3 Å². The topological polar surface area (TPSA) is 55.4 Å². The molecule has 1 aromatic heterocycles. The van der Waals surface area contributed by atoms with Crippen molar-refractivity contribution in [3.63, 3.8) is 0 Å². The fraction of sp³-hybridized carbons (Fsp3) is 0.538. The average Bonchev–Trinajstić information content (AvgIpc) is 2.72. The maximum atomic E-state index is 11.7. The van der Waals surface area contributed by atoms with Gasteiger partial charge in [0.25, 0.3) is 5.91 Å². The van der Waals surface area contributed by atoms with E-state index in [-0.39, 0.29) is 18.1 Å². The quantitative estimate of drug-likeness (QED) is 0.836. The van der Waals surface area contributed by atoms with E-state index in [1.807, 2.05) is 39.1 Å². The number of nitrogens with one attached hydrogen (secondary N) is 1. The summed E-state index contributed by atoms with van der Waals surface area (Å²) in [6, 6.07) is 1.85. The van der Waals surface area contributed by atoms with Crippen molar-refractivity contribution in [1.29, 1.82) is 0 Å². The third-order valence-corrected chi connectivity index (χ3v) is 3.74. The molecule has 0 spiro atoms. The van der Waals surface area contributed by atoms with Crippen LogP contribution in [0.25, 0.3) is 0 Å². The second kappa shape index (κ2) is 6.00. The van der Waals surface area contributed by atoms with Crippen LogP contribution in [0, 0.1) is 6.92 Å². The number of ether oxygens (including phenoxy) is 1. The fourth-order valence-electron chi connectivity index (χ4n) is 1.28. The van der Waals surface area contributed by atoms with Crippen LogP contribution in [0.1, 0.15) is 42.4 Å². The summed E-state index contributed by atoms with van der Waals surface area (Å²) in [5, 5.41) is 4.63. The minimum Gasteiger partial charge on any atom is -0.451 e. The Morgan fingerprint density at radius 1 is 1.44 bits per heavy atom. The highest BCUT2D eigenvalue weighted by atomic mass is 32.1. The summed E-state index contributed by atoms with van der Waals surface area (Å²) >= 11 is 1.32. The molecular formula is C13H19NO3S. The van der Waals surface area contributed by atoms with E-state index in [0.717, 1.165) is 12.0 Å². The van der Waals surface area contributed by atoms with E-state index < -0.39 is 5.97 Å². The molecule has 0 fully saturated rings. The molecule has 4 nitrogen and oxygen atoms in total. The summed E-state index contributed by atoms with van der Waals surface area (Å²) in [6.07, 6.45) is 0.816. The highest BCUT2D eigenvalue weighted by molar-refractivity contribution is 7.12. The molecule has 1 rings (SSSR count). The SMILES string of the molecule is CCC(C)(C)NC(=O)COC(=O)c1sccc1C. The maximum absolute atomic E-state index is 11.7. The zero-order chi connectivity index (χ0) is 13.8. The van der Waals surface area contributed by atoms with Crippen LogP contribution >= 0.6 is 11.3 Å². The molecule has 0 bridgehead atoms. The van der Waals surface area contributed by atoms with E-state index in [4.69, 9.17) is 4.74 Å². The van der Waals surface area contributed by atoms with Crippen molar-refractivity contribution in [2.45, 2.75) is 39.7 Å². The molecule has 100 valence electrons. The van der Waals surface area contributed by atoms with Crippen LogP contribution in [0.3, 0.4) is 0 Å². The minimum atomic E-state index is -0.438. The molecular weight excluding hydrogens is 250 g/mol. The number of rotatable bonds is 5. The monoisotopic (exact) mass is 269 g/mol. The minimum absolute atomic E-state index is 0.237. The first-order chi connectivity index (χ1) is 8.35. The van der Waals surface area contributed by atoms with Gasteiger partial charge >= 0.3 is 5.97 Å². The van der Waals surface area contributed by atoms with E-state index in [2.05, 4.69) is 5.32 Å². The molecule has 0 aliphatic rings. The van der Waals surface area contributed by atoms with Crippen LogP contribution in [0.4, 0.5) is 0 Å². The zero-order valence-corrected chi connectivity index (χ0v) is 12.0. The highest BCUT2D eigenvalue weighted by Gasteiger charge is 2.19. The van der Waals surface area contributed by atoms with Crippen LogP contribution in [0.2, 0.25) is 0 Å². The van der Waals surface area contributed by atoms with Gasteiger partial charge in [0.05, 0.1) is 0 Å². The molecule has 0 aliphatic heterocycles. The summed E-state index contributed by atoms with van der Waals surface area (Å²) < 4.78 is 4.98.